The van der Waals surface area contributed by atoms with Crippen LogP contribution in [-0.2, 0) is 14.3 Å². The molecule has 3 heteroatoms. The number of fused-ring (bicyclic) bond motifs is 5. The first-order valence-corrected chi connectivity index (χ1v) is 9.88. The monoisotopic (exact) mass is 320 g/mol. The molecule has 0 aromatic rings. The van der Waals surface area contributed by atoms with Crippen molar-refractivity contribution in [3.8, 4) is 0 Å². The summed E-state index contributed by atoms with van der Waals surface area (Å²) in [5, 5.41) is 0. The number of rotatable bonds is 3. The molecule has 0 spiro atoms. The smallest absolute Gasteiger partial charge is 0.146 e. The fraction of sp³-hybridized carbons (Fsp3) is 0.950. The largest absolute Gasteiger partial charge is 0.359 e. The van der Waals surface area contributed by atoms with Crippen LogP contribution in [0.3, 0.4) is 0 Å². The van der Waals surface area contributed by atoms with E-state index in [4.69, 9.17) is 9.47 Å². The lowest BCUT2D eigenvalue weighted by molar-refractivity contribution is -0.130. The van der Waals surface area contributed by atoms with E-state index in [9.17, 15) is 4.79 Å². The maximum atomic E-state index is 11.8. The molecule has 0 N–H and O–H groups in total. The predicted octanol–water partition coefficient (Wildman–Crippen LogP) is 4.20. The molecular weight excluding hydrogens is 288 g/mol. The molecule has 0 unspecified atom stereocenters. The van der Waals surface area contributed by atoms with Crippen LogP contribution in [0.5, 0.6) is 0 Å². The van der Waals surface area contributed by atoms with Crippen LogP contribution in [0.4, 0.5) is 0 Å². The topological polar surface area (TPSA) is 35.5 Å². The fourth-order valence-electron chi connectivity index (χ4n) is 6.75. The van der Waals surface area contributed by atoms with Gasteiger partial charge in [-0.3, -0.25) is 4.79 Å². The van der Waals surface area contributed by atoms with E-state index in [1.807, 2.05) is 0 Å². The Morgan fingerprint density at radius 3 is 2.35 bits per heavy atom. The van der Waals surface area contributed by atoms with E-state index in [-0.39, 0.29) is 0 Å². The molecule has 0 aliphatic heterocycles. The Morgan fingerprint density at radius 1 is 0.870 bits per heavy atom. The van der Waals surface area contributed by atoms with Crippen molar-refractivity contribution < 1.29 is 14.3 Å². The van der Waals surface area contributed by atoms with Crippen molar-refractivity contribution in [1.29, 1.82) is 0 Å². The third-order valence-corrected chi connectivity index (χ3v) is 7.66. The average Bonchev–Trinajstić information content (AvgIpc) is 2.58. The number of hydrogen-bond donors (Lipinski definition) is 0. The zero-order chi connectivity index (χ0) is 15.8. The molecule has 0 amide bonds. The summed E-state index contributed by atoms with van der Waals surface area (Å²) in [6, 6.07) is 0. The van der Waals surface area contributed by atoms with Crippen molar-refractivity contribution in [2.75, 3.05) is 13.9 Å². The van der Waals surface area contributed by atoms with Gasteiger partial charge in [0, 0.05) is 20.0 Å². The molecule has 4 aliphatic carbocycles. The van der Waals surface area contributed by atoms with Gasteiger partial charge in [-0.1, -0.05) is 0 Å². The lowest BCUT2D eigenvalue weighted by atomic mass is 9.51. The van der Waals surface area contributed by atoms with Gasteiger partial charge < -0.3 is 9.47 Å². The van der Waals surface area contributed by atoms with Crippen LogP contribution in [0.2, 0.25) is 0 Å². The molecule has 4 saturated carbocycles. The molecular formula is C20H32O3. The summed E-state index contributed by atoms with van der Waals surface area (Å²) < 4.78 is 10.9. The summed E-state index contributed by atoms with van der Waals surface area (Å²) in [5.74, 6) is 5.84. The van der Waals surface area contributed by atoms with Gasteiger partial charge in [0.15, 0.2) is 0 Å². The fourth-order valence-corrected chi connectivity index (χ4v) is 6.75. The third-order valence-electron chi connectivity index (χ3n) is 7.66. The van der Waals surface area contributed by atoms with E-state index in [1.165, 1.54) is 51.4 Å². The average molecular weight is 320 g/mol. The van der Waals surface area contributed by atoms with Gasteiger partial charge in [-0.2, -0.15) is 0 Å². The van der Waals surface area contributed by atoms with Gasteiger partial charge in [0.05, 0.1) is 6.10 Å². The molecule has 0 aromatic heterocycles. The van der Waals surface area contributed by atoms with E-state index in [2.05, 4.69) is 0 Å². The predicted molar refractivity (Wildman–Crippen MR) is 88.9 cm³/mol. The van der Waals surface area contributed by atoms with Crippen LogP contribution in [0.1, 0.15) is 64.2 Å². The van der Waals surface area contributed by atoms with E-state index >= 15 is 0 Å². The molecule has 4 fully saturated rings. The molecule has 23 heavy (non-hydrogen) atoms. The summed E-state index contributed by atoms with van der Waals surface area (Å²) in [6.07, 6.45) is 12.8. The van der Waals surface area contributed by atoms with E-state index in [1.54, 1.807) is 7.11 Å². The van der Waals surface area contributed by atoms with Crippen LogP contribution in [0.25, 0.3) is 0 Å². The summed E-state index contributed by atoms with van der Waals surface area (Å²) in [5.41, 5.74) is 0. The molecule has 7 atom stereocenters. The molecule has 130 valence electrons. The first kappa shape index (κ1) is 16.1. The Balaban J connectivity index is 1.41. The number of carbonyl (C=O) groups is 1. The zero-order valence-electron chi connectivity index (χ0n) is 14.5. The maximum Gasteiger partial charge on any atom is 0.146 e. The first-order chi connectivity index (χ1) is 11.3. The lowest BCUT2D eigenvalue weighted by Gasteiger charge is -2.54. The molecule has 0 saturated heterocycles. The highest BCUT2D eigenvalue weighted by molar-refractivity contribution is 5.79. The van der Waals surface area contributed by atoms with Gasteiger partial charge in [0.2, 0.25) is 0 Å². The van der Waals surface area contributed by atoms with Gasteiger partial charge in [0.1, 0.15) is 12.6 Å². The Morgan fingerprint density at radius 2 is 1.57 bits per heavy atom. The second-order valence-corrected chi connectivity index (χ2v) is 8.62. The van der Waals surface area contributed by atoms with Crippen molar-refractivity contribution in [3.63, 3.8) is 0 Å². The van der Waals surface area contributed by atoms with Crippen molar-refractivity contribution in [2.24, 2.45) is 35.5 Å². The standard InChI is InChI=1S/C20H32O3/c1-22-12-23-16-5-9-18-14(11-16)3-7-19-17-8-4-15(21)10-13(17)2-6-20(18)19/h13-14,16-20H,2-12H2,1H3/t13-,14+,16-,17-,18+,19+,20-/m1/s1. The van der Waals surface area contributed by atoms with Crippen LogP contribution in [0.15, 0.2) is 0 Å². The number of carbonyl (C=O) groups excluding carboxylic acids is 1. The van der Waals surface area contributed by atoms with E-state index in [0.717, 1.165) is 48.3 Å². The normalized spacial score (nSPS) is 46.7. The molecule has 4 aliphatic rings. The van der Waals surface area contributed by atoms with Crippen LogP contribution < -0.4 is 0 Å². The second-order valence-electron chi connectivity index (χ2n) is 8.62. The quantitative estimate of drug-likeness (QED) is 0.731. The third kappa shape index (κ3) is 3.11. The van der Waals surface area contributed by atoms with Crippen molar-refractivity contribution >= 4 is 5.78 Å². The van der Waals surface area contributed by atoms with Gasteiger partial charge in [0.25, 0.3) is 0 Å². The Labute approximate surface area is 140 Å². The second kappa shape index (κ2) is 6.84. The highest BCUT2D eigenvalue weighted by Gasteiger charge is 2.49. The maximum absolute atomic E-state index is 11.8. The van der Waals surface area contributed by atoms with E-state index in [0.29, 0.717) is 18.7 Å². The summed E-state index contributed by atoms with van der Waals surface area (Å²) in [6.45, 7) is 0.450. The molecule has 0 radical (unpaired) electrons. The number of Topliss-reactive ketones (excluding diaryl/α,β-unsaturated/α-hetero) is 1. The molecule has 0 heterocycles. The van der Waals surface area contributed by atoms with Crippen molar-refractivity contribution in [2.45, 2.75) is 70.3 Å². The minimum Gasteiger partial charge on any atom is -0.359 e. The highest BCUT2D eigenvalue weighted by Crippen LogP contribution is 2.56. The number of methoxy groups -OCH3 is 1. The Bertz CT molecular complexity index is 435. The SMILES string of the molecule is COCO[C@@H]1CC[C@H]2[C@@H](CC[C@@H]3[C@@H]2CC[C@@H]2CC(=O)CC[C@H]23)C1. The van der Waals surface area contributed by atoms with Gasteiger partial charge in [-0.05, 0) is 86.9 Å². The van der Waals surface area contributed by atoms with Crippen LogP contribution in [0, 0.1) is 35.5 Å². The summed E-state index contributed by atoms with van der Waals surface area (Å²) in [7, 11) is 1.71. The lowest BCUT2D eigenvalue weighted by Crippen LogP contribution is -2.47. The van der Waals surface area contributed by atoms with Crippen LogP contribution >= 0.6 is 0 Å². The van der Waals surface area contributed by atoms with Crippen LogP contribution in [-0.4, -0.2) is 25.8 Å². The van der Waals surface area contributed by atoms with E-state index < -0.39 is 0 Å². The first-order valence-electron chi connectivity index (χ1n) is 9.88. The number of ketones is 1. The summed E-state index contributed by atoms with van der Waals surface area (Å²) in [4.78, 5) is 11.8. The molecule has 4 rings (SSSR count). The molecule has 0 aromatic carbocycles. The zero-order valence-corrected chi connectivity index (χ0v) is 14.5. The Kier molecular flexibility index (Phi) is 4.78. The van der Waals surface area contributed by atoms with Crippen molar-refractivity contribution in [3.05, 3.63) is 0 Å². The van der Waals surface area contributed by atoms with Gasteiger partial charge in [-0.25, -0.2) is 0 Å². The highest BCUT2D eigenvalue weighted by atomic mass is 16.7. The molecule has 3 nitrogen and oxygen atoms in total. The minimum atomic E-state index is 0.427. The van der Waals surface area contributed by atoms with Crippen molar-refractivity contribution in [1.82, 2.24) is 0 Å². The van der Waals surface area contributed by atoms with Gasteiger partial charge >= 0.3 is 0 Å². The van der Waals surface area contributed by atoms with Gasteiger partial charge in [-0.15, -0.1) is 0 Å². The Hall–Kier alpha value is -0.410. The molecule has 0 bridgehead atoms. The summed E-state index contributed by atoms with van der Waals surface area (Å²) >= 11 is 0. The number of hydrogen-bond acceptors (Lipinski definition) is 3. The number of ether oxygens (including phenoxy) is 2. The minimum absolute atomic E-state index is 0.427.